The number of carbonyl (C=O) groups is 2. The van der Waals surface area contributed by atoms with E-state index in [-0.39, 0.29) is 33.0 Å². The Morgan fingerprint density at radius 3 is 2.37 bits per heavy atom. The van der Waals surface area contributed by atoms with E-state index in [1.165, 1.54) is 16.7 Å². The number of aromatic nitrogens is 1. The van der Waals surface area contributed by atoms with Crippen LogP contribution in [0.15, 0.2) is 57.5 Å². The topological polar surface area (TPSA) is 110 Å². The van der Waals surface area contributed by atoms with Gasteiger partial charge in [-0.1, -0.05) is 58.3 Å². The number of hydrogen-bond acceptors (Lipinski definition) is 8. The van der Waals surface area contributed by atoms with Gasteiger partial charge >= 0.3 is 5.97 Å². The summed E-state index contributed by atoms with van der Waals surface area (Å²) >= 11 is 19.7. The number of fused-ring (bicyclic) bond motifs is 1. The van der Waals surface area contributed by atoms with E-state index >= 15 is 0 Å². The highest BCUT2D eigenvalue weighted by atomic mass is 35.5. The minimum Gasteiger partial charge on any atom is -0.546 e. The summed E-state index contributed by atoms with van der Waals surface area (Å²) in [6, 6.07) is 9.05. The monoisotopic (exact) mass is 593 g/mol. The molecule has 0 saturated carbocycles. The molecule has 2 heterocycles. The summed E-state index contributed by atoms with van der Waals surface area (Å²) in [6.07, 6.45) is 1.21. The number of carbonyl (C=O) groups excluding carboxylic acids is 2. The third-order valence-electron chi connectivity index (χ3n) is 5.42. The van der Waals surface area contributed by atoms with Crippen molar-refractivity contribution in [1.29, 1.82) is 0 Å². The predicted octanol–water partition coefficient (Wildman–Crippen LogP) is 3.28. The van der Waals surface area contributed by atoms with Gasteiger partial charge < -0.3 is 19.4 Å². The van der Waals surface area contributed by atoms with Crippen molar-refractivity contribution >= 4 is 64.2 Å². The number of ether oxygens (including phenoxy) is 2. The van der Waals surface area contributed by atoms with Crippen LogP contribution in [0.25, 0.3) is 6.08 Å². The van der Waals surface area contributed by atoms with Gasteiger partial charge in [0, 0.05) is 5.02 Å². The lowest BCUT2D eigenvalue weighted by molar-refractivity contribution is -0.307. The molecule has 12 heteroatoms. The van der Waals surface area contributed by atoms with Crippen LogP contribution in [-0.2, 0) is 14.3 Å². The molecule has 8 nitrogen and oxygen atoms in total. The maximum atomic E-state index is 13.7. The van der Waals surface area contributed by atoms with Crippen molar-refractivity contribution in [1.82, 2.24) is 4.57 Å². The highest BCUT2D eigenvalue weighted by Crippen LogP contribution is 2.35. The zero-order valence-corrected chi connectivity index (χ0v) is 23.4. The molecule has 1 atom stereocenters. The Bertz CT molecular complexity index is 1620. The lowest BCUT2D eigenvalue weighted by atomic mass is 9.96. The second-order valence-electron chi connectivity index (χ2n) is 8.56. The van der Waals surface area contributed by atoms with E-state index in [0.29, 0.717) is 31.2 Å². The molecule has 0 amide bonds. The van der Waals surface area contributed by atoms with Gasteiger partial charge in [0.25, 0.3) is 5.56 Å². The van der Waals surface area contributed by atoms with Crippen molar-refractivity contribution in [2.45, 2.75) is 32.9 Å². The van der Waals surface area contributed by atoms with Gasteiger partial charge in [-0.3, -0.25) is 9.36 Å². The van der Waals surface area contributed by atoms with Gasteiger partial charge in [0.15, 0.2) is 10.6 Å². The SMILES string of the molecule is CC1=C(C(=O)OC(C)C)C(c2ccc(Cl)cc2)n2c(sc(=Cc3cc(Cl)c(OCC(=O)[O-])c(Cl)c3)c2=O)=N1. The molecule has 0 saturated heterocycles. The Hall–Kier alpha value is -3.11. The molecule has 0 aliphatic carbocycles. The third kappa shape index (κ3) is 5.81. The lowest BCUT2D eigenvalue weighted by Gasteiger charge is -2.25. The number of thiazole rings is 1. The number of allylic oxidation sites excluding steroid dienone is 1. The molecular weight excluding hydrogens is 575 g/mol. The fourth-order valence-corrected chi connectivity index (χ4v) is 5.69. The molecule has 4 rings (SSSR count). The number of aliphatic carboxylic acids is 1. The number of halogens is 3. The summed E-state index contributed by atoms with van der Waals surface area (Å²) in [4.78, 5) is 42.5. The second-order valence-corrected chi connectivity index (χ2v) is 10.8. The average molecular weight is 595 g/mol. The molecule has 0 fully saturated rings. The largest absolute Gasteiger partial charge is 0.546 e. The van der Waals surface area contributed by atoms with Crippen LogP contribution in [-0.4, -0.2) is 29.2 Å². The van der Waals surface area contributed by atoms with Crippen LogP contribution in [0, 0.1) is 0 Å². The zero-order chi connectivity index (χ0) is 27.7. The highest BCUT2D eigenvalue weighted by molar-refractivity contribution is 7.07. The van der Waals surface area contributed by atoms with Crippen molar-refractivity contribution in [3.05, 3.63) is 93.6 Å². The van der Waals surface area contributed by atoms with E-state index in [4.69, 9.17) is 44.3 Å². The molecule has 0 radical (unpaired) electrons. The van der Waals surface area contributed by atoms with Crippen molar-refractivity contribution in [2.24, 2.45) is 4.99 Å². The van der Waals surface area contributed by atoms with Crippen LogP contribution < -0.4 is 24.7 Å². The standard InChI is InChI=1S/C26H21Cl3N2O6S/c1-12(2)37-25(35)21-13(3)30-26-31(22(21)15-4-6-16(27)7-5-15)24(34)19(38-26)10-14-8-17(28)23(18(29)9-14)36-11-20(32)33/h4-10,12,22H,11H2,1-3H3,(H,32,33)/p-1. The van der Waals surface area contributed by atoms with Crippen LogP contribution in [0.4, 0.5) is 0 Å². The minimum atomic E-state index is -1.43. The Labute approximate surface area is 236 Å². The highest BCUT2D eigenvalue weighted by Gasteiger charge is 2.33. The summed E-state index contributed by atoms with van der Waals surface area (Å²) in [7, 11) is 0. The molecule has 198 valence electrons. The Morgan fingerprint density at radius 1 is 1.16 bits per heavy atom. The Balaban J connectivity index is 1.86. The number of esters is 1. The van der Waals surface area contributed by atoms with Crippen molar-refractivity contribution in [2.75, 3.05) is 6.61 Å². The van der Waals surface area contributed by atoms with Crippen molar-refractivity contribution in [3.8, 4) is 5.75 Å². The summed E-state index contributed by atoms with van der Waals surface area (Å²) in [6.45, 7) is 4.46. The normalized spacial score (nSPS) is 15.3. The number of carboxylic acid groups (broad SMARTS) is 1. The van der Waals surface area contributed by atoms with Crippen LogP contribution in [0.5, 0.6) is 5.75 Å². The van der Waals surface area contributed by atoms with Crippen molar-refractivity contribution < 1.29 is 24.2 Å². The van der Waals surface area contributed by atoms with Gasteiger partial charge in [-0.05, 0) is 62.2 Å². The molecule has 3 aromatic rings. The Kier molecular flexibility index (Phi) is 8.32. The molecule has 0 spiro atoms. The van der Waals surface area contributed by atoms with Gasteiger partial charge in [-0.2, -0.15) is 0 Å². The van der Waals surface area contributed by atoms with Gasteiger partial charge in [-0.25, -0.2) is 9.79 Å². The second kappa shape index (κ2) is 11.3. The minimum absolute atomic E-state index is 0.0113. The first-order valence-electron chi connectivity index (χ1n) is 11.3. The Morgan fingerprint density at radius 2 is 1.79 bits per heavy atom. The lowest BCUT2D eigenvalue weighted by Crippen LogP contribution is -2.40. The molecule has 1 aromatic heterocycles. The summed E-state index contributed by atoms with van der Waals surface area (Å²) in [5, 5.41) is 11.3. The molecule has 0 N–H and O–H groups in total. The third-order valence-corrected chi connectivity index (χ3v) is 7.22. The van der Waals surface area contributed by atoms with Crippen molar-refractivity contribution in [3.63, 3.8) is 0 Å². The fraction of sp³-hybridized carbons (Fsp3) is 0.231. The summed E-state index contributed by atoms with van der Waals surface area (Å²) < 4.78 is 12.3. The molecule has 0 bridgehead atoms. The van der Waals surface area contributed by atoms with E-state index in [2.05, 4.69) is 4.99 Å². The molecule has 38 heavy (non-hydrogen) atoms. The number of carboxylic acids is 1. The average Bonchev–Trinajstić information content (AvgIpc) is 3.11. The quantitative estimate of drug-likeness (QED) is 0.389. The summed E-state index contributed by atoms with van der Waals surface area (Å²) in [5.74, 6) is -2.01. The first kappa shape index (κ1) is 27.9. The van der Waals surface area contributed by atoms with Gasteiger partial charge in [-0.15, -0.1) is 0 Å². The van der Waals surface area contributed by atoms with Crippen LogP contribution >= 0.6 is 46.1 Å². The number of rotatable bonds is 7. The van der Waals surface area contributed by atoms with Crippen LogP contribution in [0.1, 0.15) is 37.9 Å². The van der Waals surface area contributed by atoms with E-state index in [1.807, 2.05) is 0 Å². The first-order chi connectivity index (χ1) is 18.0. The molecular formula is C26H20Cl3N2O6S-. The molecule has 1 unspecified atom stereocenters. The van der Waals surface area contributed by atoms with E-state index in [0.717, 1.165) is 11.3 Å². The maximum absolute atomic E-state index is 13.7. The van der Waals surface area contributed by atoms with Crippen LogP contribution in [0.2, 0.25) is 15.1 Å². The van der Waals surface area contributed by atoms with Crippen LogP contribution in [0.3, 0.4) is 0 Å². The summed E-state index contributed by atoms with van der Waals surface area (Å²) in [5.41, 5.74) is 1.43. The number of benzene rings is 2. The zero-order valence-electron chi connectivity index (χ0n) is 20.3. The smallest absolute Gasteiger partial charge is 0.338 e. The van der Waals surface area contributed by atoms with Gasteiger partial charge in [0.05, 0.1) is 44.0 Å². The van der Waals surface area contributed by atoms with Gasteiger partial charge in [0.2, 0.25) is 0 Å². The fourth-order valence-electron chi connectivity index (χ4n) is 3.90. The maximum Gasteiger partial charge on any atom is 0.338 e. The first-order valence-corrected chi connectivity index (χ1v) is 13.2. The molecule has 1 aliphatic rings. The van der Waals surface area contributed by atoms with Gasteiger partial charge in [0.1, 0.15) is 6.61 Å². The van der Waals surface area contributed by atoms with E-state index in [9.17, 15) is 19.5 Å². The van der Waals surface area contributed by atoms with E-state index < -0.39 is 24.6 Å². The predicted molar refractivity (Wildman–Crippen MR) is 143 cm³/mol. The number of nitrogens with zero attached hydrogens (tertiary/aromatic N) is 2. The number of hydrogen-bond donors (Lipinski definition) is 0. The molecule has 1 aliphatic heterocycles. The molecule has 2 aromatic carbocycles. The van der Waals surface area contributed by atoms with E-state index in [1.54, 1.807) is 51.1 Å².